The monoisotopic (exact) mass is 312 g/mol. The van der Waals surface area contributed by atoms with E-state index >= 15 is 0 Å². The quantitative estimate of drug-likeness (QED) is 0.609. The number of ether oxygens (including phenoxy) is 1. The maximum atomic E-state index is 5.63. The van der Waals surface area contributed by atoms with E-state index in [2.05, 4.69) is 32.7 Å². The van der Waals surface area contributed by atoms with Gasteiger partial charge < -0.3 is 15.4 Å². The second-order valence-corrected chi connectivity index (χ2v) is 5.00. The molecule has 2 aromatic rings. The number of hydrogen-bond acceptors (Lipinski definition) is 3. The zero-order valence-corrected chi connectivity index (χ0v) is 13.7. The van der Waals surface area contributed by atoms with Crippen LogP contribution in [-0.4, -0.2) is 31.1 Å². The summed E-state index contributed by atoms with van der Waals surface area (Å²) in [7, 11) is 1.77. The summed E-state index contributed by atoms with van der Waals surface area (Å²) >= 11 is 0. The summed E-state index contributed by atoms with van der Waals surface area (Å²) in [6.45, 7) is 4.12. The molecule has 0 aliphatic carbocycles. The molecular formula is C18H24N4O. The molecule has 0 saturated carbocycles. The Labute approximate surface area is 137 Å². The van der Waals surface area contributed by atoms with Crippen LogP contribution in [0.5, 0.6) is 5.75 Å². The lowest BCUT2D eigenvalue weighted by Gasteiger charge is -2.14. The SMILES string of the molecule is CCOc1ccccc1CNC(=NC)NCCc1cccnc1. The highest BCUT2D eigenvalue weighted by atomic mass is 16.5. The van der Waals surface area contributed by atoms with E-state index < -0.39 is 0 Å². The molecule has 5 nitrogen and oxygen atoms in total. The third kappa shape index (κ3) is 5.62. The normalized spacial score (nSPS) is 11.1. The van der Waals surface area contributed by atoms with Crippen LogP contribution in [0.25, 0.3) is 0 Å². The summed E-state index contributed by atoms with van der Waals surface area (Å²) in [5, 5.41) is 6.62. The summed E-state index contributed by atoms with van der Waals surface area (Å²) < 4.78 is 5.63. The largest absolute Gasteiger partial charge is 0.494 e. The first-order chi connectivity index (χ1) is 11.3. The molecule has 5 heteroatoms. The van der Waals surface area contributed by atoms with Crippen LogP contribution in [0.1, 0.15) is 18.1 Å². The molecular weight excluding hydrogens is 288 g/mol. The third-order valence-electron chi connectivity index (χ3n) is 3.37. The van der Waals surface area contributed by atoms with Gasteiger partial charge in [0.1, 0.15) is 5.75 Å². The molecule has 0 spiro atoms. The summed E-state index contributed by atoms with van der Waals surface area (Å²) in [6, 6.07) is 12.1. The van der Waals surface area contributed by atoms with Gasteiger partial charge in [0.05, 0.1) is 6.61 Å². The number of hydrogen-bond donors (Lipinski definition) is 2. The molecule has 1 aromatic carbocycles. The van der Waals surface area contributed by atoms with Gasteiger partial charge in [0.25, 0.3) is 0 Å². The lowest BCUT2D eigenvalue weighted by atomic mass is 10.2. The predicted molar refractivity (Wildman–Crippen MR) is 93.8 cm³/mol. The second-order valence-electron chi connectivity index (χ2n) is 5.00. The molecule has 0 radical (unpaired) electrons. The van der Waals surface area contributed by atoms with Gasteiger partial charge in [-0.2, -0.15) is 0 Å². The first kappa shape index (κ1) is 16.8. The summed E-state index contributed by atoms with van der Waals surface area (Å²) in [5.41, 5.74) is 2.32. The van der Waals surface area contributed by atoms with Crippen LogP contribution in [-0.2, 0) is 13.0 Å². The van der Waals surface area contributed by atoms with Crippen molar-refractivity contribution in [2.24, 2.45) is 4.99 Å². The zero-order chi connectivity index (χ0) is 16.3. The van der Waals surface area contributed by atoms with Crippen LogP contribution in [0.15, 0.2) is 53.8 Å². The van der Waals surface area contributed by atoms with Crippen LogP contribution in [0.2, 0.25) is 0 Å². The number of aromatic nitrogens is 1. The Balaban J connectivity index is 1.81. The second kappa shape index (κ2) is 9.46. The van der Waals surface area contributed by atoms with Crippen molar-refractivity contribution in [1.29, 1.82) is 0 Å². The number of nitrogens with one attached hydrogen (secondary N) is 2. The van der Waals surface area contributed by atoms with Gasteiger partial charge in [0.2, 0.25) is 0 Å². The Morgan fingerprint density at radius 3 is 2.78 bits per heavy atom. The molecule has 0 amide bonds. The summed E-state index contributed by atoms with van der Waals surface area (Å²) in [4.78, 5) is 8.37. The molecule has 1 aromatic heterocycles. The maximum absolute atomic E-state index is 5.63. The van der Waals surface area contributed by atoms with Gasteiger partial charge in [-0.15, -0.1) is 0 Å². The third-order valence-corrected chi connectivity index (χ3v) is 3.37. The molecule has 0 unspecified atom stereocenters. The Bertz CT molecular complexity index is 613. The van der Waals surface area contributed by atoms with Gasteiger partial charge in [0.15, 0.2) is 5.96 Å². The molecule has 2 rings (SSSR count). The Kier molecular flexibility index (Phi) is 6.91. The lowest BCUT2D eigenvalue weighted by Crippen LogP contribution is -2.37. The van der Waals surface area contributed by atoms with Crippen molar-refractivity contribution >= 4 is 5.96 Å². The molecule has 0 atom stereocenters. The molecule has 1 heterocycles. The average Bonchev–Trinajstić information content (AvgIpc) is 2.60. The topological polar surface area (TPSA) is 58.5 Å². The number of guanidine groups is 1. The van der Waals surface area contributed by atoms with Crippen molar-refractivity contribution in [3.8, 4) is 5.75 Å². The Morgan fingerprint density at radius 2 is 2.04 bits per heavy atom. The Morgan fingerprint density at radius 1 is 1.17 bits per heavy atom. The van der Waals surface area contributed by atoms with E-state index in [1.165, 1.54) is 5.56 Å². The van der Waals surface area contributed by atoms with Gasteiger partial charge in [-0.3, -0.25) is 9.98 Å². The molecule has 2 N–H and O–H groups in total. The number of benzene rings is 1. The Hall–Kier alpha value is -2.56. The molecule has 122 valence electrons. The zero-order valence-electron chi connectivity index (χ0n) is 13.7. The number of aliphatic imine (C=N–C) groups is 1. The minimum atomic E-state index is 0.662. The van der Waals surface area contributed by atoms with Crippen molar-refractivity contribution < 1.29 is 4.74 Å². The fraction of sp³-hybridized carbons (Fsp3) is 0.333. The van der Waals surface area contributed by atoms with E-state index in [0.717, 1.165) is 30.2 Å². The van der Waals surface area contributed by atoms with Crippen LogP contribution in [0.4, 0.5) is 0 Å². The van der Waals surface area contributed by atoms with E-state index in [9.17, 15) is 0 Å². The van der Waals surface area contributed by atoms with Crippen molar-refractivity contribution in [3.63, 3.8) is 0 Å². The molecule has 0 saturated heterocycles. The van der Waals surface area contributed by atoms with E-state index in [1.807, 2.05) is 37.4 Å². The van der Waals surface area contributed by atoms with Gasteiger partial charge in [-0.1, -0.05) is 24.3 Å². The predicted octanol–water partition coefficient (Wildman–Crippen LogP) is 2.39. The molecule has 0 aliphatic rings. The van der Waals surface area contributed by atoms with E-state index in [0.29, 0.717) is 13.2 Å². The van der Waals surface area contributed by atoms with E-state index in [1.54, 1.807) is 13.2 Å². The molecule has 0 bridgehead atoms. The smallest absolute Gasteiger partial charge is 0.191 e. The van der Waals surface area contributed by atoms with Gasteiger partial charge in [-0.05, 0) is 31.0 Å². The van der Waals surface area contributed by atoms with Gasteiger partial charge >= 0.3 is 0 Å². The summed E-state index contributed by atoms with van der Waals surface area (Å²) in [6.07, 6.45) is 4.58. The summed E-state index contributed by atoms with van der Waals surface area (Å²) in [5.74, 6) is 1.69. The highest BCUT2D eigenvalue weighted by Crippen LogP contribution is 2.17. The number of rotatable bonds is 7. The van der Waals surface area contributed by atoms with Gasteiger partial charge in [-0.25, -0.2) is 0 Å². The van der Waals surface area contributed by atoms with E-state index in [-0.39, 0.29) is 0 Å². The van der Waals surface area contributed by atoms with Crippen molar-refractivity contribution in [1.82, 2.24) is 15.6 Å². The number of para-hydroxylation sites is 1. The van der Waals surface area contributed by atoms with E-state index in [4.69, 9.17) is 4.74 Å². The molecule has 0 fully saturated rings. The highest BCUT2D eigenvalue weighted by molar-refractivity contribution is 5.79. The van der Waals surface area contributed by atoms with Crippen molar-refractivity contribution in [3.05, 3.63) is 59.9 Å². The number of pyridine rings is 1. The standard InChI is InChI=1S/C18H24N4O/c1-3-23-17-9-5-4-8-16(17)14-22-18(19-2)21-12-10-15-7-6-11-20-13-15/h4-9,11,13H,3,10,12,14H2,1-2H3,(H2,19,21,22). The van der Waals surface area contributed by atoms with Crippen molar-refractivity contribution in [2.45, 2.75) is 19.9 Å². The van der Waals surface area contributed by atoms with Crippen molar-refractivity contribution in [2.75, 3.05) is 20.2 Å². The fourth-order valence-corrected chi connectivity index (χ4v) is 2.22. The highest BCUT2D eigenvalue weighted by Gasteiger charge is 2.04. The fourth-order valence-electron chi connectivity index (χ4n) is 2.22. The average molecular weight is 312 g/mol. The lowest BCUT2D eigenvalue weighted by molar-refractivity contribution is 0.336. The van der Waals surface area contributed by atoms with Crippen LogP contribution in [0.3, 0.4) is 0 Å². The minimum absolute atomic E-state index is 0.662. The first-order valence-electron chi connectivity index (χ1n) is 7.87. The van der Waals surface area contributed by atoms with Gasteiger partial charge in [0, 0.05) is 38.1 Å². The van der Waals surface area contributed by atoms with Crippen LogP contribution >= 0.6 is 0 Å². The first-order valence-corrected chi connectivity index (χ1v) is 7.87. The molecule has 0 aliphatic heterocycles. The van der Waals surface area contributed by atoms with Crippen LogP contribution < -0.4 is 15.4 Å². The maximum Gasteiger partial charge on any atom is 0.191 e. The number of nitrogens with zero attached hydrogens (tertiary/aromatic N) is 2. The molecule has 23 heavy (non-hydrogen) atoms. The van der Waals surface area contributed by atoms with Crippen LogP contribution in [0, 0.1) is 0 Å². The minimum Gasteiger partial charge on any atom is -0.494 e.